The summed E-state index contributed by atoms with van der Waals surface area (Å²) in [7, 11) is 6.09. The number of carbonyl (C=O) groups excluding carboxylic acids is 2. The van der Waals surface area contributed by atoms with Gasteiger partial charge in [-0.2, -0.15) is 0 Å². The van der Waals surface area contributed by atoms with Crippen molar-refractivity contribution in [3.05, 3.63) is 136 Å². The van der Waals surface area contributed by atoms with Gasteiger partial charge in [0, 0.05) is 79.6 Å². The molecule has 8 nitrogen and oxygen atoms in total. The molecule has 6 aromatic rings. The highest BCUT2D eigenvalue weighted by Gasteiger charge is 2.32. The molecule has 2 aliphatic rings. The van der Waals surface area contributed by atoms with E-state index in [1.54, 1.807) is 11.1 Å². The molecule has 252 valence electrons. The van der Waals surface area contributed by atoms with E-state index in [-0.39, 0.29) is 17.9 Å². The molecule has 0 unspecified atom stereocenters. The fourth-order valence-electron chi connectivity index (χ4n) is 7.77. The number of amides is 2. The molecule has 0 saturated heterocycles. The summed E-state index contributed by atoms with van der Waals surface area (Å²) in [6.07, 6.45) is 5.47. The molecule has 3 aromatic heterocycles. The topological polar surface area (TPSA) is 66.6 Å². The molecule has 8 rings (SSSR count). The van der Waals surface area contributed by atoms with Gasteiger partial charge in [-0.25, -0.2) is 4.98 Å². The van der Waals surface area contributed by atoms with Crippen LogP contribution in [-0.2, 0) is 40.0 Å². The highest BCUT2D eigenvalue weighted by molar-refractivity contribution is 6.13. The van der Waals surface area contributed by atoms with Crippen LogP contribution in [0.5, 0.6) is 0 Å². The van der Waals surface area contributed by atoms with Gasteiger partial charge in [0.25, 0.3) is 11.8 Å². The number of fused-ring (bicyclic) bond motifs is 3. The second-order valence-electron chi connectivity index (χ2n) is 14.0. The maximum absolute atomic E-state index is 14.8. The van der Waals surface area contributed by atoms with Crippen molar-refractivity contribution in [2.45, 2.75) is 45.8 Å². The number of likely N-dealkylation sites (N-methyl/N-ethyl adjacent to an activating group) is 1. The Hall–Kier alpha value is -5.47. The van der Waals surface area contributed by atoms with Crippen molar-refractivity contribution < 1.29 is 9.59 Å². The SMILES string of the molecule is Cc1c(C(=O)N(c2ccccc2)c2cnc3c(ccn3C)c2)cc(-c2cc3c(cc2C(=O)N2Cc4ccccc4C[C@H]2C)CN(C)CC3)n1C. The first-order valence-corrected chi connectivity index (χ1v) is 17.4. The molecule has 0 N–H and O–H groups in total. The Morgan fingerprint density at radius 2 is 1.56 bits per heavy atom. The Bertz CT molecular complexity index is 2280. The van der Waals surface area contributed by atoms with Crippen molar-refractivity contribution in [1.82, 2.24) is 23.9 Å². The number of nitrogens with zero attached hydrogens (tertiary/aromatic N) is 6. The minimum Gasteiger partial charge on any atom is -0.347 e. The summed E-state index contributed by atoms with van der Waals surface area (Å²) in [4.78, 5) is 40.3. The number of hydrogen-bond donors (Lipinski definition) is 0. The van der Waals surface area contributed by atoms with Crippen LogP contribution in [0.4, 0.5) is 11.4 Å². The molecule has 1 atom stereocenters. The fraction of sp³-hybridized carbons (Fsp3) is 0.262. The summed E-state index contributed by atoms with van der Waals surface area (Å²) < 4.78 is 4.04. The van der Waals surface area contributed by atoms with Gasteiger partial charge in [-0.1, -0.05) is 42.5 Å². The predicted molar refractivity (Wildman–Crippen MR) is 199 cm³/mol. The molecule has 8 heteroatoms. The quantitative estimate of drug-likeness (QED) is 0.193. The molecule has 0 aliphatic carbocycles. The Kier molecular flexibility index (Phi) is 7.91. The van der Waals surface area contributed by atoms with Crippen LogP contribution in [0.1, 0.15) is 55.6 Å². The zero-order valence-electron chi connectivity index (χ0n) is 29.4. The minimum absolute atomic E-state index is 0.0258. The number of carbonyl (C=O) groups is 2. The van der Waals surface area contributed by atoms with Crippen LogP contribution in [0.25, 0.3) is 22.3 Å². The highest BCUT2D eigenvalue weighted by atomic mass is 16.2. The van der Waals surface area contributed by atoms with E-state index in [1.165, 1.54) is 22.3 Å². The third-order valence-electron chi connectivity index (χ3n) is 10.8. The first-order chi connectivity index (χ1) is 24.2. The summed E-state index contributed by atoms with van der Waals surface area (Å²) in [6.45, 7) is 6.46. The molecule has 50 heavy (non-hydrogen) atoms. The van der Waals surface area contributed by atoms with Crippen molar-refractivity contribution in [3.63, 3.8) is 0 Å². The number of benzene rings is 3. The summed E-state index contributed by atoms with van der Waals surface area (Å²) in [5.74, 6) is -0.126. The number of pyridine rings is 1. The van der Waals surface area contributed by atoms with Gasteiger partial charge in [0.05, 0.1) is 17.4 Å². The minimum atomic E-state index is -0.152. The highest BCUT2D eigenvalue weighted by Crippen LogP contribution is 2.37. The average molecular weight is 663 g/mol. The van der Waals surface area contributed by atoms with E-state index in [0.29, 0.717) is 23.4 Å². The Labute approximate surface area is 293 Å². The van der Waals surface area contributed by atoms with Crippen LogP contribution in [0.3, 0.4) is 0 Å². The lowest BCUT2D eigenvalue weighted by atomic mass is 9.90. The smallest absolute Gasteiger partial charge is 0.264 e. The van der Waals surface area contributed by atoms with Crippen molar-refractivity contribution in [2.24, 2.45) is 14.1 Å². The first kappa shape index (κ1) is 31.8. The third-order valence-corrected chi connectivity index (χ3v) is 10.8. The van der Waals surface area contributed by atoms with Crippen LogP contribution in [0, 0.1) is 6.92 Å². The molecule has 0 fully saturated rings. The maximum Gasteiger partial charge on any atom is 0.264 e. The summed E-state index contributed by atoms with van der Waals surface area (Å²) >= 11 is 0. The average Bonchev–Trinajstić information content (AvgIpc) is 3.65. The van der Waals surface area contributed by atoms with E-state index in [1.807, 2.05) is 85.2 Å². The monoisotopic (exact) mass is 662 g/mol. The van der Waals surface area contributed by atoms with E-state index < -0.39 is 0 Å². The zero-order valence-corrected chi connectivity index (χ0v) is 29.4. The van der Waals surface area contributed by atoms with E-state index in [4.69, 9.17) is 4.98 Å². The Balaban J connectivity index is 1.24. The zero-order chi connectivity index (χ0) is 34.7. The lowest BCUT2D eigenvalue weighted by Gasteiger charge is -2.36. The maximum atomic E-state index is 14.8. The molecule has 2 amide bonds. The van der Waals surface area contributed by atoms with Crippen molar-refractivity contribution in [3.8, 4) is 11.3 Å². The van der Waals surface area contributed by atoms with Gasteiger partial charge >= 0.3 is 0 Å². The van der Waals surface area contributed by atoms with Gasteiger partial charge in [-0.3, -0.25) is 14.5 Å². The Morgan fingerprint density at radius 1 is 0.800 bits per heavy atom. The third kappa shape index (κ3) is 5.40. The van der Waals surface area contributed by atoms with E-state index in [0.717, 1.165) is 59.6 Å². The lowest BCUT2D eigenvalue weighted by molar-refractivity contribution is 0.0658. The van der Waals surface area contributed by atoms with Gasteiger partial charge in [0.15, 0.2) is 0 Å². The number of aryl methyl sites for hydroxylation is 1. The second kappa shape index (κ2) is 12.4. The number of hydrogen-bond acceptors (Lipinski definition) is 4. The van der Waals surface area contributed by atoms with Crippen LogP contribution >= 0.6 is 0 Å². The van der Waals surface area contributed by atoms with Gasteiger partial charge in [0.1, 0.15) is 5.65 Å². The predicted octanol–water partition coefficient (Wildman–Crippen LogP) is 7.44. The van der Waals surface area contributed by atoms with Gasteiger partial charge in [0.2, 0.25) is 0 Å². The molecular weight excluding hydrogens is 621 g/mol. The number of anilines is 2. The van der Waals surface area contributed by atoms with Gasteiger partial charge < -0.3 is 18.9 Å². The van der Waals surface area contributed by atoms with E-state index in [2.05, 4.69) is 59.8 Å². The molecule has 0 spiro atoms. The number of rotatable bonds is 5. The molecule has 2 aliphatic heterocycles. The molecule has 3 aromatic carbocycles. The molecule has 0 saturated carbocycles. The standard InChI is InChI=1S/C42H42N6O2/c1-27-19-29-11-9-10-12-32(29)26-47(27)41(49)38-22-33-25-44(3)17-15-30(33)21-37(38)39-23-36(28(2)46(39)5)42(50)48(34-13-7-6-8-14-34)35-20-31-16-18-45(4)40(31)43-24-35/h6-14,16,18,20-24,27H,15,17,19,25-26H2,1-5H3/t27-/m1/s1. The van der Waals surface area contributed by atoms with E-state index >= 15 is 0 Å². The largest absolute Gasteiger partial charge is 0.347 e. The molecule has 5 heterocycles. The van der Waals surface area contributed by atoms with Crippen molar-refractivity contribution >= 4 is 34.2 Å². The molecule has 0 bridgehead atoms. The first-order valence-electron chi connectivity index (χ1n) is 17.4. The number of para-hydroxylation sites is 1. The summed E-state index contributed by atoms with van der Waals surface area (Å²) in [6, 6.07) is 28.6. The fourth-order valence-corrected chi connectivity index (χ4v) is 7.77. The van der Waals surface area contributed by atoms with Gasteiger partial charge in [-0.15, -0.1) is 0 Å². The second-order valence-corrected chi connectivity index (χ2v) is 14.0. The van der Waals surface area contributed by atoms with Crippen LogP contribution in [-0.4, -0.2) is 55.4 Å². The van der Waals surface area contributed by atoms with Crippen LogP contribution in [0.15, 0.2) is 97.3 Å². The Morgan fingerprint density at radius 3 is 2.36 bits per heavy atom. The van der Waals surface area contributed by atoms with Crippen LogP contribution < -0.4 is 4.90 Å². The molecular formula is C42H42N6O2. The van der Waals surface area contributed by atoms with Crippen molar-refractivity contribution in [2.75, 3.05) is 18.5 Å². The summed E-state index contributed by atoms with van der Waals surface area (Å²) in [5.41, 5.74) is 11.1. The van der Waals surface area contributed by atoms with Crippen LogP contribution in [0.2, 0.25) is 0 Å². The molecule has 0 radical (unpaired) electrons. The van der Waals surface area contributed by atoms with Crippen molar-refractivity contribution in [1.29, 1.82) is 0 Å². The number of aromatic nitrogens is 3. The van der Waals surface area contributed by atoms with Gasteiger partial charge in [-0.05, 0) is 98.5 Å². The van der Waals surface area contributed by atoms with E-state index in [9.17, 15) is 9.59 Å². The normalized spacial score (nSPS) is 15.9. The lowest BCUT2D eigenvalue weighted by Crippen LogP contribution is -2.43. The summed E-state index contributed by atoms with van der Waals surface area (Å²) in [5, 5.41) is 0.960.